The molecule has 1 saturated heterocycles. The molecule has 0 radical (unpaired) electrons. The molecule has 2 unspecified atom stereocenters. The highest BCUT2D eigenvalue weighted by Crippen LogP contribution is 2.40. The second-order valence-corrected chi connectivity index (χ2v) is 5.31. The SMILES string of the molecule is OC12CCCCC1CN(c1cnccn1)CC2. The van der Waals surface area contributed by atoms with Gasteiger partial charge in [0.2, 0.25) is 0 Å². The summed E-state index contributed by atoms with van der Waals surface area (Å²) < 4.78 is 0. The summed E-state index contributed by atoms with van der Waals surface area (Å²) in [5.74, 6) is 1.35. The van der Waals surface area contributed by atoms with Crippen molar-refractivity contribution >= 4 is 5.82 Å². The van der Waals surface area contributed by atoms with Gasteiger partial charge in [-0.15, -0.1) is 0 Å². The van der Waals surface area contributed by atoms with Gasteiger partial charge in [-0.25, -0.2) is 4.98 Å². The first-order valence-electron chi connectivity index (χ1n) is 6.51. The highest BCUT2D eigenvalue weighted by molar-refractivity contribution is 5.36. The van der Waals surface area contributed by atoms with Crippen molar-refractivity contribution in [3.8, 4) is 0 Å². The van der Waals surface area contributed by atoms with Gasteiger partial charge >= 0.3 is 0 Å². The van der Waals surface area contributed by atoms with Crippen LogP contribution in [0.25, 0.3) is 0 Å². The van der Waals surface area contributed by atoms with Crippen molar-refractivity contribution in [1.82, 2.24) is 9.97 Å². The zero-order chi connectivity index (χ0) is 11.7. The maximum Gasteiger partial charge on any atom is 0.147 e. The molecule has 1 N–H and O–H groups in total. The monoisotopic (exact) mass is 233 g/mol. The first-order valence-corrected chi connectivity index (χ1v) is 6.51. The molecule has 4 nitrogen and oxygen atoms in total. The summed E-state index contributed by atoms with van der Waals surface area (Å²) in [5, 5.41) is 10.6. The van der Waals surface area contributed by atoms with Crippen LogP contribution in [0.1, 0.15) is 32.1 Å². The first-order chi connectivity index (χ1) is 8.28. The van der Waals surface area contributed by atoms with Crippen LogP contribution in [-0.4, -0.2) is 33.8 Å². The van der Waals surface area contributed by atoms with E-state index in [1.165, 1.54) is 12.8 Å². The van der Waals surface area contributed by atoms with Crippen molar-refractivity contribution in [3.05, 3.63) is 18.6 Å². The van der Waals surface area contributed by atoms with Gasteiger partial charge < -0.3 is 10.0 Å². The zero-order valence-corrected chi connectivity index (χ0v) is 10.0. The average Bonchev–Trinajstić information content (AvgIpc) is 2.39. The molecule has 1 aromatic heterocycles. The second-order valence-electron chi connectivity index (χ2n) is 5.31. The van der Waals surface area contributed by atoms with E-state index in [4.69, 9.17) is 0 Å². The Morgan fingerprint density at radius 3 is 3.06 bits per heavy atom. The number of rotatable bonds is 1. The Hall–Kier alpha value is -1.16. The smallest absolute Gasteiger partial charge is 0.147 e. The fourth-order valence-electron chi connectivity index (χ4n) is 3.23. The van der Waals surface area contributed by atoms with Crippen LogP contribution in [0.5, 0.6) is 0 Å². The standard InChI is InChI=1S/C13H19N3O/c17-13-4-2-1-3-11(13)10-16(8-5-13)12-9-14-6-7-15-12/h6-7,9,11,17H,1-5,8,10H2. The van der Waals surface area contributed by atoms with E-state index in [9.17, 15) is 5.11 Å². The zero-order valence-electron chi connectivity index (χ0n) is 10.0. The Morgan fingerprint density at radius 2 is 2.24 bits per heavy atom. The van der Waals surface area contributed by atoms with E-state index in [2.05, 4.69) is 14.9 Å². The van der Waals surface area contributed by atoms with Crippen LogP contribution in [0, 0.1) is 5.92 Å². The highest BCUT2D eigenvalue weighted by Gasteiger charge is 2.42. The van der Waals surface area contributed by atoms with Crippen molar-refractivity contribution in [3.63, 3.8) is 0 Å². The number of aliphatic hydroxyl groups is 1. The van der Waals surface area contributed by atoms with Crippen LogP contribution in [0.3, 0.4) is 0 Å². The summed E-state index contributed by atoms with van der Waals surface area (Å²) in [4.78, 5) is 10.7. The van der Waals surface area contributed by atoms with Crippen LogP contribution >= 0.6 is 0 Å². The van der Waals surface area contributed by atoms with Crippen LogP contribution in [0.15, 0.2) is 18.6 Å². The lowest BCUT2D eigenvalue weighted by molar-refractivity contribution is -0.0613. The van der Waals surface area contributed by atoms with Crippen molar-refractivity contribution in [2.24, 2.45) is 5.92 Å². The summed E-state index contributed by atoms with van der Waals surface area (Å²) >= 11 is 0. The fraction of sp³-hybridized carbons (Fsp3) is 0.692. The quantitative estimate of drug-likeness (QED) is 0.800. The number of hydrogen-bond donors (Lipinski definition) is 1. The van der Waals surface area contributed by atoms with Gasteiger partial charge in [0.25, 0.3) is 0 Å². The molecule has 2 fully saturated rings. The summed E-state index contributed by atoms with van der Waals surface area (Å²) in [6, 6.07) is 0. The Kier molecular flexibility index (Phi) is 2.74. The molecule has 0 amide bonds. The lowest BCUT2D eigenvalue weighted by Gasteiger charge is -2.47. The molecule has 1 aromatic rings. The molecular formula is C13H19N3O. The maximum atomic E-state index is 10.6. The Bertz CT molecular complexity index is 384. The van der Waals surface area contributed by atoms with Gasteiger partial charge in [0.1, 0.15) is 5.82 Å². The second kappa shape index (κ2) is 4.26. The topological polar surface area (TPSA) is 49.2 Å². The average molecular weight is 233 g/mol. The number of nitrogens with zero attached hydrogens (tertiary/aromatic N) is 3. The molecule has 2 heterocycles. The molecule has 2 aliphatic rings. The normalized spacial score (nSPS) is 33.2. The molecule has 1 saturated carbocycles. The van der Waals surface area contributed by atoms with Gasteiger partial charge in [0, 0.05) is 31.4 Å². The third kappa shape index (κ3) is 2.02. The number of hydrogen-bond acceptors (Lipinski definition) is 4. The predicted molar refractivity (Wildman–Crippen MR) is 65.8 cm³/mol. The molecule has 3 rings (SSSR count). The molecule has 17 heavy (non-hydrogen) atoms. The van der Waals surface area contributed by atoms with Gasteiger partial charge in [0.15, 0.2) is 0 Å². The van der Waals surface area contributed by atoms with Gasteiger partial charge in [0.05, 0.1) is 11.8 Å². The Morgan fingerprint density at radius 1 is 1.29 bits per heavy atom. The minimum Gasteiger partial charge on any atom is -0.389 e. The molecule has 1 aliphatic heterocycles. The third-order valence-corrected chi connectivity index (χ3v) is 4.30. The van der Waals surface area contributed by atoms with Crippen molar-refractivity contribution in [2.75, 3.05) is 18.0 Å². The molecular weight excluding hydrogens is 214 g/mol. The highest BCUT2D eigenvalue weighted by atomic mass is 16.3. The minimum atomic E-state index is -0.406. The molecule has 92 valence electrons. The predicted octanol–water partition coefficient (Wildman–Crippen LogP) is 1.61. The van der Waals surface area contributed by atoms with E-state index in [0.717, 1.165) is 38.2 Å². The largest absolute Gasteiger partial charge is 0.389 e. The van der Waals surface area contributed by atoms with Crippen molar-refractivity contribution in [2.45, 2.75) is 37.7 Å². The Balaban J connectivity index is 1.76. The lowest BCUT2D eigenvalue weighted by atomic mass is 9.71. The molecule has 0 bridgehead atoms. The molecule has 4 heteroatoms. The van der Waals surface area contributed by atoms with E-state index in [1.807, 2.05) is 6.20 Å². The molecule has 2 atom stereocenters. The number of fused-ring (bicyclic) bond motifs is 1. The molecule has 0 aromatic carbocycles. The van der Waals surface area contributed by atoms with Crippen molar-refractivity contribution < 1.29 is 5.11 Å². The van der Waals surface area contributed by atoms with Crippen LogP contribution in [0.4, 0.5) is 5.82 Å². The van der Waals surface area contributed by atoms with E-state index >= 15 is 0 Å². The van der Waals surface area contributed by atoms with Gasteiger partial charge in [-0.2, -0.15) is 0 Å². The van der Waals surface area contributed by atoms with Crippen LogP contribution in [0.2, 0.25) is 0 Å². The summed E-state index contributed by atoms with van der Waals surface area (Å²) in [7, 11) is 0. The number of piperidine rings is 1. The van der Waals surface area contributed by atoms with Gasteiger partial charge in [-0.3, -0.25) is 4.98 Å². The van der Waals surface area contributed by atoms with E-state index in [-0.39, 0.29) is 0 Å². The Labute approximate surface area is 102 Å². The first kappa shape index (κ1) is 11.0. The summed E-state index contributed by atoms with van der Waals surface area (Å²) in [6.07, 6.45) is 10.7. The van der Waals surface area contributed by atoms with Gasteiger partial charge in [-0.1, -0.05) is 12.8 Å². The van der Waals surface area contributed by atoms with E-state index < -0.39 is 5.60 Å². The van der Waals surface area contributed by atoms with E-state index in [0.29, 0.717) is 5.92 Å². The van der Waals surface area contributed by atoms with E-state index in [1.54, 1.807) is 12.4 Å². The minimum absolute atomic E-state index is 0.406. The molecule has 0 spiro atoms. The van der Waals surface area contributed by atoms with Crippen molar-refractivity contribution in [1.29, 1.82) is 0 Å². The maximum absolute atomic E-state index is 10.6. The molecule has 1 aliphatic carbocycles. The number of aromatic nitrogens is 2. The summed E-state index contributed by atoms with van der Waals surface area (Å²) in [6.45, 7) is 1.82. The summed E-state index contributed by atoms with van der Waals surface area (Å²) in [5.41, 5.74) is -0.406. The van der Waals surface area contributed by atoms with Crippen LogP contribution in [-0.2, 0) is 0 Å². The fourth-order valence-corrected chi connectivity index (χ4v) is 3.23. The van der Waals surface area contributed by atoms with Crippen LogP contribution < -0.4 is 4.90 Å². The lowest BCUT2D eigenvalue weighted by Crippen LogP contribution is -2.53. The third-order valence-electron chi connectivity index (χ3n) is 4.30. The van der Waals surface area contributed by atoms with Gasteiger partial charge in [-0.05, 0) is 19.3 Å². The number of anilines is 1.